The standard InChI is InChI=1S/C40H25NO2/c1-3-12-26(13-4-1)29-19-11-20-33-35-25-36(30-16-7-8-18-32(30)40(35)43-39(29)33)41(27-14-5-2-6-15-27)28-22-23-38-34(24-28)31-17-9-10-21-37(31)42-38/h1-25H. The number of benzene rings is 7. The van der Waals surface area contributed by atoms with E-state index in [0.29, 0.717) is 0 Å². The smallest absolute Gasteiger partial charge is 0.143 e. The average Bonchev–Trinajstić information content (AvgIpc) is 3.64. The van der Waals surface area contributed by atoms with Crippen molar-refractivity contribution in [1.29, 1.82) is 0 Å². The van der Waals surface area contributed by atoms with E-state index in [1.807, 2.05) is 18.2 Å². The lowest BCUT2D eigenvalue weighted by atomic mass is 9.99. The van der Waals surface area contributed by atoms with Crippen molar-refractivity contribution in [2.45, 2.75) is 0 Å². The number of hydrogen-bond donors (Lipinski definition) is 0. The van der Waals surface area contributed by atoms with Gasteiger partial charge in [-0.2, -0.15) is 0 Å². The summed E-state index contributed by atoms with van der Waals surface area (Å²) in [4.78, 5) is 2.35. The van der Waals surface area contributed by atoms with E-state index in [2.05, 4.69) is 138 Å². The van der Waals surface area contributed by atoms with Crippen molar-refractivity contribution in [3.63, 3.8) is 0 Å². The molecule has 0 radical (unpaired) electrons. The summed E-state index contributed by atoms with van der Waals surface area (Å²) in [5.41, 5.74) is 9.06. The number of anilines is 3. The van der Waals surface area contributed by atoms with Crippen molar-refractivity contribution in [1.82, 2.24) is 0 Å². The summed E-state index contributed by atoms with van der Waals surface area (Å²) in [5.74, 6) is 0. The molecule has 0 aliphatic heterocycles. The molecule has 9 rings (SSSR count). The molecule has 202 valence electrons. The molecule has 3 heteroatoms. The van der Waals surface area contributed by atoms with Gasteiger partial charge in [0.2, 0.25) is 0 Å². The van der Waals surface area contributed by atoms with E-state index in [1.54, 1.807) is 0 Å². The summed E-state index contributed by atoms with van der Waals surface area (Å²) < 4.78 is 12.9. The van der Waals surface area contributed by atoms with Crippen LogP contribution < -0.4 is 4.90 Å². The van der Waals surface area contributed by atoms with Gasteiger partial charge in [0, 0.05) is 49.3 Å². The zero-order chi connectivity index (χ0) is 28.3. The topological polar surface area (TPSA) is 29.5 Å². The zero-order valence-corrected chi connectivity index (χ0v) is 23.2. The highest BCUT2D eigenvalue weighted by Gasteiger charge is 2.22. The van der Waals surface area contributed by atoms with E-state index >= 15 is 0 Å². The molecule has 0 amide bonds. The minimum absolute atomic E-state index is 0.882. The molecular weight excluding hydrogens is 526 g/mol. The highest BCUT2D eigenvalue weighted by atomic mass is 16.3. The molecule has 0 unspecified atom stereocenters. The Bertz CT molecular complexity index is 2450. The first-order valence-corrected chi connectivity index (χ1v) is 14.5. The van der Waals surface area contributed by atoms with E-state index in [0.717, 1.165) is 82.8 Å². The predicted molar refractivity (Wildman–Crippen MR) is 179 cm³/mol. The van der Waals surface area contributed by atoms with Crippen LogP contribution >= 0.6 is 0 Å². The van der Waals surface area contributed by atoms with Crippen LogP contribution in [0.4, 0.5) is 17.1 Å². The molecule has 7 aromatic carbocycles. The first-order valence-electron chi connectivity index (χ1n) is 14.5. The maximum absolute atomic E-state index is 6.76. The normalized spacial score (nSPS) is 11.7. The lowest BCUT2D eigenvalue weighted by Gasteiger charge is -2.27. The molecule has 2 aromatic heterocycles. The number of furan rings is 2. The Morgan fingerprint density at radius 2 is 1.02 bits per heavy atom. The van der Waals surface area contributed by atoms with Crippen LogP contribution in [0, 0.1) is 0 Å². The summed E-state index contributed by atoms with van der Waals surface area (Å²) in [6.07, 6.45) is 0. The van der Waals surface area contributed by atoms with Crippen molar-refractivity contribution in [3.8, 4) is 11.1 Å². The SMILES string of the molecule is c1ccc(-c2cccc3c2oc2c4ccccc4c(N(c4ccccc4)c4ccc5oc6ccccc6c5c4)cc32)cc1. The van der Waals surface area contributed by atoms with Gasteiger partial charge < -0.3 is 13.7 Å². The van der Waals surface area contributed by atoms with Gasteiger partial charge in [-0.05, 0) is 48.0 Å². The molecule has 0 fully saturated rings. The molecule has 0 aliphatic rings. The second-order valence-electron chi connectivity index (χ2n) is 10.9. The molecule has 0 atom stereocenters. The van der Waals surface area contributed by atoms with Crippen molar-refractivity contribution < 1.29 is 8.83 Å². The fourth-order valence-corrected chi connectivity index (χ4v) is 6.49. The van der Waals surface area contributed by atoms with Crippen LogP contribution in [-0.4, -0.2) is 0 Å². The molecule has 0 saturated heterocycles. The first kappa shape index (κ1) is 23.9. The molecule has 0 N–H and O–H groups in total. The Morgan fingerprint density at radius 3 is 1.86 bits per heavy atom. The van der Waals surface area contributed by atoms with Gasteiger partial charge in [0.25, 0.3) is 0 Å². The Hall–Kier alpha value is -5.80. The van der Waals surface area contributed by atoms with Gasteiger partial charge in [-0.15, -0.1) is 0 Å². The van der Waals surface area contributed by atoms with Crippen LogP contribution in [-0.2, 0) is 0 Å². The lowest BCUT2D eigenvalue weighted by Crippen LogP contribution is -2.10. The molecule has 0 spiro atoms. The van der Waals surface area contributed by atoms with Gasteiger partial charge in [-0.25, -0.2) is 0 Å². The third-order valence-electron chi connectivity index (χ3n) is 8.44. The van der Waals surface area contributed by atoms with Crippen LogP contribution in [0.1, 0.15) is 0 Å². The van der Waals surface area contributed by atoms with E-state index in [1.165, 1.54) is 0 Å². The molecule has 43 heavy (non-hydrogen) atoms. The molecule has 0 bridgehead atoms. The summed E-state index contributed by atoms with van der Waals surface area (Å²) in [6, 6.07) is 53.0. The number of fused-ring (bicyclic) bond motifs is 8. The third-order valence-corrected chi connectivity index (χ3v) is 8.44. The Balaban J connectivity index is 1.36. The molecule has 9 aromatic rings. The lowest BCUT2D eigenvalue weighted by molar-refractivity contribution is 0.669. The Kier molecular flexibility index (Phi) is 5.20. The van der Waals surface area contributed by atoms with Gasteiger partial charge >= 0.3 is 0 Å². The fraction of sp³-hybridized carbons (Fsp3) is 0. The van der Waals surface area contributed by atoms with E-state index in [-0.39, 0.29) is 0 Å². The molecule has 0 saturated carbocycles. The summed E-state index contributed by atoms with van der Waals surface area (Å²) >= 11 is 0. The second kappa shape index (κ2) is 9.37. The highest BCUT2D eigenvalue weighted by Crippen LogP contribution is 2.46. The number of nitrogens with zero attached hydrogens (tertiary/aromatic N) is 1. The average molecular weight is 552 g/mol. The second-order valence-corrected chi connectivity index (χ2v) is 10.9. The van der Waals surface area contributed by atoms with Crippen molar-refractivity contribution in [2.24, 2.45) is 0 Å². The summed E-state index contributed by atoms with van der Waals surface area (Å²) in [6.45, 7) is 0. The van der Waals surface area contributed by atoms with Crippen LogP contribution in [0.5, 0.6) is 0 Å². The minimum atomic E-state index is 0.882. The van der Waals surface area contributed by atoms with Crippen molar-refractivity contribution in [3.05, 3.63) is 152 Å². The molecule has 3 nitrogen and oxygen atoms in total. The van der Waals surface area contributed by atoms with Crippen molar-refractivity contribution in [2.75, 3.05) is 4.90 Å². The third kappa shape index (κ3) is 3.68. The quantitative estimate of drug-likeness (QED) is 0.218. The maximum atomic E-state index is 6.76. The molecular formula is C40H25NO2. The Labute approximate surface area is 247 Å². The molecule has 2 heterocycles. The van der Waals surface area contributed by atoms with Gasteiger partial charge in [-0.1, -0.05) is 109 Å². The zero-order valence-electron chi connectivity index (χ0n) is 23.2. The van der Waals surface area contributed by atoms with Crippen molar-refractivity contribution >= 4 is 71.7 Å². The Morgan fingerprint density at radius 1 is 0.372 bits per heavy atom. The van der Waals surface area contributed by atoms with E-state index in [4.69, 9.17) is 8.83 Å². The largest absolute Gasteiger partial charge is 0.456 e. The monoisotopic (exact) mass is 551 g/mol. The summed E-state index contributed by atoms with van der Waals surface area (Å²) in [7, 11) is 0. The number of rotatable bonds is 4. The van der Waals surface area contributed by atoms with Crippen LogP contribution in [0.25, 0.3) is 65.8 Å². The first-order chi connectivity index (χ1) is 21.3. The van der Waals surface area contributed by atoms with Gasteiger partial charge in [-0.3, -0.25) is 0 Å². The highest BCUT2D eigenvalue weighted by molar-refractivity contribution is 6.21. The maximum Gasteiger partial charge on any atom is 0.143 e. The minimum Gasteiger partial charge on any atom is -0.456 e. The van der Waals surface area contributed by atoms with Gasteiger partial charge in [0.15, 0.2) is 0 Å². The molecule has 0 aliphatic carbocycles. The van der Waals surface area contributed by atoms with Crippen LogP contribution in [0.15, 0.2) is 160 Å². The fourth-order valence-electron chi connectivity index (χ4n) is 6.49. The van der Waals surface area contributed by atoms with E-state index < -0.39 is 0 Å². The van der Waals surface area contributed by atoms with Crippen LogP contribution in [0.3, 0.4) is 0 Å². The van der Waals surface area contributed by atoms with E-state index in [9.17, 15) is 0 Å². The predicted octanol–water partition coefficient (Wildman–Crippen LogP) is 11.8. The number of hydrogen-bond acceptors (Lipinski definition) is 3. The van der Waals surface area contributed by atoms with Gasteiger partial charge in [0.05, 0.1) is 5.69 Å². The summed E-state index contributed by atoms with van der Waals surface area (Å²) in [5, 5.41) is 6.62. The van der Waals surface area contributed by atoms with Gasteiger partial charge in [0.1, 0.15) is 22.3 Å². The number of para-hydroxylation sites is 3. The van der Waals surface area contributed by atoms with Crippen LogP contribution in [0.2, 0.25) is 0 Å².